The maximum atomic E-state index is 13.0. The van der Waals surface area contributed by atoms with Gasteiger partial charge in [0.15, 0.2) is 0 Å². The van der Waals surface area contributed by atoms with Gasteiger partial charge in [-0.1, -0.05) is 47.6 Å². The maximum absolute atomic E-state index is 13.0. The van der Waals surface area contributed by atoms with Crippen LogP contribution in [0.5, 0.6) is 0 Å². The van der Waals surface area contributed by atoms with Gasteiger partial charge in [0.1, 0.15) is 11.5 Å². The summed E-state index contributed by atoms with van der Waals surface area (Å²) in [4.78, 5) is 7.43. The molecule has 1 aromatic heterocycles. The normalized spacial score (nSPS) is 14.5. The first-order valence-electron chi connectivity index (χ1n) is 8.50. The second-order valence-electron chi connectivity index (χ2n) is 6.54. The van der Waals surface area contributed by atoms with Crippen molar-refractivity contribution in [3.63, 3.8) is 0 Å². The molecule has 7 heteroatoms. The highest BCUT2D eigenvalue weighted by Crippen LogP contribution is 2.41. The average molecular weight is 379 g/mol. The fourth-order valence-electron chi connectivity index (χ4n) is 3.71. The highest BCUT2D eigenvalue weighted by atomic mass is 19.4. The van der Waals surface area contributed by atoms with E-state index in [0.717, 1.165) is 28.8 Å². The topological polar surface area (TPSA) is 61.3 Å². The third kappa shape index (κ3) is 2.32. The van der Waals surface area contributed by atoms with Crippen LogP contribution in [0.4, 0.5) is 13.2 Å². The van der Waals surface area contributed by atoms with E-state index < -0.39 is 11.7 Å². The molecule has 4 nitrogen and oxygen atoms in total. The van der Waals surface area contributed by atoms with Crippen molar-refractivity contribution in [2.45, 2.75) is 6.18 Å². The maximum Gasteiger partial charge on any atom is 0.416 e. The van der Waals surface area contributed by atoms with Gasteiger partial charge in [-0.05, 0) is 29.3 Å². The number of H-pyrrole nitrogens is 1. The third-order valence-electron chi connectivity index (χ3n) is 4.94. The number of halogens is 3. The molecule has 2 N–H and O–H groups in total. The van der Waals surface area contributed by atoms with E-state index in [4.69, 9.17) is 0 Å². The molecular weight excluding hydrogens is 367 g/mol. The summed E-state index contributed by atoms with van der Waals surface area (Å²) in [6.07, 6.45) is -4.42. The summed E-state index contributed by atoms with van der Waals surface area (Å²) < 4.78 is 39.0. The first kappa shape index (κ1) is 16.6. The SMILES string of the molecule is ON=C1c2ccccc2-c2cccc(-c3nc4ccc(C(F)(F)F)cc4[nH]3)c21. The van der Waals surface area contributed by atoms with Crippen molar-refractivity contribution in [3.05, 3.63) is 77.4 Å². The Morgan fingerprint density at radius 1 is 0.857 bits per heavy atom. The Bertz CT molecular complexity index is 1270. The molecule has 4 aromatic rings. The molecule has 0 fully saturated rings. The molecule has 0 aliphatic heterocycles. The number of oxime groups is 1. The summed E-state index contributed by atoms with van der Waals surface area (Å²) in [6.45, 7) is 0. The van der Waals surface area contributed by atoms with Crippen molar-refractivity contribution in [2.24, 2.45) is 5.16 Å². The Morgan fingerprint density at radius 2 is 1.57 bits per heavy atom. The van der Waals surface area contributed by atoms with E-state index in [1.807, 2.05) is 36.4 Å². The standard InChI is InChI=1S/C21H12F3N3O/c22-21(23,24)11-8-9-16-17(10-11)26-20(25-16)15-7-3-6-13-12-4-1-2-5-14(12)19(27-28)18(13)15/h1-10,28H,(H,25,26). The third-order valence-corrected chi connectivity index (χ3v) is 4.94. The minimum absolute atomic E-state index is 0.292. The lowest BCUT2D eigenvalue weighted by atomic mass is 10.00. The van der Waals surface area contributed by atoms with Crippen LogP contribution in [0.2, 0.25) is 0 Å². The molecule has 138 valence electrons. The molecule has 0 amide bonds. The van der Waals surface area contributed by atoms with Crippen LogP contribution in [-0.2, 0) is 6.18 Å². The Morgan fingerprint density at radius 3 is 2.32 bits per heavy atom. The smallest absolute Gasteiger partial charge is 0.410 e. The number of nitrogens with one attached hydrogen (secondary N) is 1. The molecule has 0 spiro atoms. The van der Waals surface area contributed by atoms with Crippen LogP contribution in [0.3, 0.4) is 0 Å². The molecule has 1 heterocycles. The first-order chi connectivity index (χ1) is 13.5. The summed E-state index contributed by atoms with van der Waals surface area (Å²) in [7, 11) is 0. The fourth-order valence-corrected chi connectivity index (χ4v) is 3.71. The molecule has 1 aliphatic carbocycles. The van der Waals surface area contributed by atoms with Gasteiger partial charge in [0, 0.05) is 16.7 Å². The van der Waals surface area contributed by atoms with Gasteiger partial charge in [0.25, 0.3) is 0 Å². The second-order valence-corrected chi connectivity index (χ2v) is 6.54. The largest absolute Gasteiger partial charge is 0.416 e. The van der Waals surface area contributed by atoms with Crippen molar-refractivity contribution in [1.82, 2.24) is 9.97 Å². The average Bonchev–Trinajstić information content (AvgIpc) is 3.25. The lowest BCUT2D eigenvalue weighted by Crippen LogP contribution is -2.04. The second kappa shape index (κ2) is 5.69. The van der Waals surface area contributed by atoms with E-state index in [0.29, 0.717) is 33.7 Å². The van der Waals surface area contributed by atoms with Crippen LogP contribution >= 0.6 is 0 Å². The Hall–Kier alpha value is -3.61. The number of aromatic amines is 1. The van der Waals surface area contributed by atoms with Crippen molar-refractivity contribution < 1.29 is 18.4 Å². The van der Waals surface area contributed by atoms with E-state index >= 15 is 0 Å². The Labute approximate surface area is 157 Å². The fraction of sp³-hybridized carbons (Fsp3) is 0.0476. The minimum Gasteiger partial charge on any atom is -0.410 e. The molecule has 0 saturated carbocycles. The van der Waals surface area contributed by atoms with Crippen molar-refractivity contribution in [1.29, 1.82) is 0 Å². The van der Waals surface area contributed by atoms with Crippen molar-refractivity contribution >= 4 is 16.7 Å². The van der Waals surface area contributed by atoms with Gasteiger partial charge in [-0.15, -0.1) is 0 Å². The molecule has 3 aromatic carbocycles. The summed E-state index contributed by atoms with van der Waals surface area (Å²) in [5, 5.41) is 13.1. The van der Waals surface area contributed by atoms with Crippen LogP contribution < -0.4 is 0 Å². The Kier molecular flexibility index (Phi) is 3.37. The Balaban J connectivity index is 1.72. The van der Waals surface area contributed by atoms with Gasteiger partial charge in [-0.25, -0.2) is 4.98 Å². The van der Waals surface area contributed by atoms with E-state index in [9.17, 15) is 18.4 Å². The van der Waals surface area contributed by atoms with E-state index in [1.54, 1.807) is 6.07 Å². The van der Waals surface area contributed by atoms with Gasteiger partial charge in [-0.3, -0.25) is 0 Å². The monoisotopic (exact) mass is 379 g/mol. The van der Waals surface area contributed by atoms with Crippen LogP contribution in [0.1, 0.15) is 16.7 Å². The molecule has 0 atom stereocenters. The highest BCUT2D eigenvalue weighted by Gasteiger charge is 2.31. The predicted octanol–water partition coefficient (Wildman–Crippen LogP) is 5.46. The molecule has 0 saturated heterocycles. The van der Waals surface area contributed by atoms with E-state index in [2.05, 4.69) is 15.1 Å². The van der Waals surface area contributed by atoms with Gasteiger partial charge in [0.05, 0.1) is 16.6 Å². The summed E-state index contributed by atoms with van der Waals surface area (Å²) >= 11 is 0. The number of aromatic nitrogens is 2. The first-order valence-corrected chi connectivity index (χ1v) is 8.50. The van der Waals surface area contributed by atoms with Crippen molar-refractivity contribution in [3.8, 4) is 22.5 Å². The summed E-state index contributed by atoms with van der Waals surface area (Å²) in [5.74, 6) is 0.417. The van der Waals surface area contributed by atoms with Crippen molar-refractivity contribution in [2.75, 3.05) is 0 Å². The number of rotatable bonds is 1. The number of nitrogens with zero attached hydrogens (tertiary/aromatic N) is 2. The molecule has 1 aliphatic rings. The number of hydrogen-bond acceptors (Lipinski definition) is 3. The molecular formula is C21H12F3N3O. The van der Waals surface area contributed by atoms with Gasteiger partial charge in [0.2, 0.25) is 0 Å². The number of benzene rings is 3. The number of hydrogen-bond donors (Lipinski definition) is 2. The lowest BCUT2D eigenvalue weighted by Gasteiger charge is -2.06. The highest BCUT2D eigenvalue weighted by molar-refractivity contribution is 6.27. The van der Waals surface area contributed by atoms with Crippen LogP contribution in [-0.4, -0.2) is 20.9 Å². The molecule has 5 rings (SSSR count). The zero-order chi connectivity index (χ0) is 19.5. The number of fused-ring (bicyclic) bond motifs is 4. The number of alkyl halides is 3. The molecule has 28 heavy (non-hydrogen) atoms. The summed E-state index contributed by atoms with van der Waals surface area (Å²) in [5.41, 5.74) is 4.37. The molecule has 0 radical (unpaired) electrons. The van der Waals surface area contributed by atoms with Crippen LogP contribution in [0, 0.1) is 0 Å². The number of imidazole rings is 1. The van der Waals surface area contributed by atoms with Gasteiger partial charge >= 0.3 is 6.18 Å². The summed E-state index contributed by atoms with van der Waals surface area (Å²) in [6, 6.07) is 16.5. The van der Waals surface area contributed by atoms with Crippen LogP contribution in [0.25, 0.3) is 33.5 Å². The molecule has 0 unspecified atom stereocenters. The lowest BCUT2D eigenvalue weighted by molar-refractivity contribution is -0.137. The molecule has 0 bridgehead atoms. The van der Waals surface area contributed by atoms with E-state index in [1.165, 1.54) is 6.07 Å². The zero-order valence-corrected chi connectivity index (χ0v) is 14.2. The minimum atomic E-state index is -4.42. The predicted molar refractivity (Wildman–Crippen MR) is 99.4 cm³/mol. The zero-order valence-electron chi connectivity index (χ0n) is 14.2. The quantitative estimate of drug-likeness (QED) is 0.300. The van der Waals surface area contributed by atoms with Gasteiger partial charge in [-0.2, -0.15) is 13.2 Å². The van der Waals surface area contributed by atoms with Crippen LogP contribution in [0.15, 0.2) is 65.8 Å². The van der Waals surface area contributed by atoms with Gasteiger partial charge < -0.3 is 10.2 Å². The van der Waals surface area contributed by atoms with E-state index in [-0.39, 0.29) is 0 Å².